The van der Waals surface area contributed by atoms with E-state index in [2.05, 4.69) is 25.6 Å². The van der Waals surface area contributed by atoms with Gasteiger partial charge in [-0.15, -0.1) is 0 Å². The first kappa shape index (κ1) is 24.0. The van der Waals surface area contributed by atoms with Crippen LogP contribution in [0.25, 0.3) is 22.3 Å². The first-order chi connectivity index (χ1) is 18.4. The van der Waals surface area contributed by atoms with Gasteiger partial charge in [0.1, 0.15) is 11.6 Å². The molecule has 1 amide bonds. The number of pyridine rings is 2. The number of hydrogen-bond acceptors (Lipinski definition) is 7. The zero-order chi connectivity index (χ0) is 26.4. The Morgan fingerprint density at radius 3 is 2.76 bits per heavy atom. The van der Waals surface area contributed by atoms with Crippen molar-refractivity contribution in [3.8, 4) is 22.9 Å². The number of H-pyrrole nitrogens is 1. The fourth-order valence-corrected chi connectivity index (χ4v) is 4.65. The fraction of sp³-hybridized carbons (Fsp3) is 0.269. The second-order valence-electron chi connectivity index (χ2n) is 8.91. The Morgan fingerprint density at radius 2 is 2.03 bits per heavy atom. The van der Waals surface area contributed by atoms with Crippen molar-refractivity contribution in [3.63, 3.8) is 0 Å². The van der Waals surface area contributed by atoms with Crippen LogP contribution >= 0.6 is 0 Å². The molecule has 38 heavy (non-hydrogen) atoms. The summed E-state index contributed by atoms with van der Waals surface area (Å²) in [6.45, 7) is 0.677. The minimum Gasteiger partial charge on any atom is -0.492 e. The Kier molecular flexibility index (Phi) is 6.03. The van der Waals surface area contributed by atoms with Gasteiger partial charge >= 0.3 is 0 Å². The number of methoxy groups -OCH3 is 1. The topological polar surface area (TPSA) is 110 Å². The van der Waals surface area contributed by atoms with Gasteiger partial charge in [0.25, 0.3) is 5.91 Å². The summed E-state index contributed by atoms with van der Waals surface area (Å²) in [4.78, 5) is 25.1. The zero-order valence-electron chi connectivity index (χ0n) is 20.1. The second-order valence-corrected chi connectivity index (χ2v) is 8.91. The van der Waals surface area contributed by atoms with Gasteiger partial charge in [0, 0.05) is 30.1 Å². The molecule has 1 unspecified atom stereocenters. The molecular formula is C26H22F3N5O4. The van der Waals surface area contributed by atoms with Crippen LogP contribution in [0.4, 0.5) is 24.5 Å². The van der Waals surface area contributed by atoms with Crippen LogP contribution in [0.5, 0.6) is 11.6 Å². The molecule has 12 heteroatoms. The maximum atomic E-state index is 14.5. The van der Waals surface area contributed by atoms with Crippen molar-refractivity contribution >= 4 is 28.3 Å². The van der Waals surface area contributed by atoms with E-state index in [0.29, 0.717) is 41.4 Å². The van der Waals surface area contributed by atoms with Gasteiger partial charge in [-0.05, 0) is 24.3 Å². The molecule has 3 aromatic heterocycles. The molecule has 3 N–H and O–H groups in total. The number of amides is 1. The smallest absolute Gasteiger partial charge is 0.255 e. The van der Waals surface area contributed by atoms with E-state index >= 15 is 0 Å². The lowest BCUT2D eigenvalue weighted by Crippen LogP contribution is -2.38. The Labute approximate surface area is 214 Å². The van der Waals surface area contributed by atoms with E-state index in [4.69, 9.17) is 14.2 Å². The molecule has 1 aromatic carbocycles. The number of alkyl halides is 2. The second kappa shape index (κ2) is 9.53. The summed E-state index contributed by atoms with van der Waals surface area (Å²) >= 11 is 0. The summed E-state index contributed by atoms with van der Waals surface area (Å²) in [6.07, 6.45) is -1.31. The number of nitrogens with one attached hydrogen (secondary N) is 3. The van der Waals surface area contributed by atoms with Gasteiger partial charge in [0.2, 0.25) is 12.3 Å². The first-order valence-electron chi connectivity index (χ1n) is 11.9. The predicted octanol–water partition coefficient (Wildman–Crippen LogP) is 4.39. The quantitative estimate of drug-likeness (QED) is 0.328. The Bertz CT molecular complexity index is 1540. The SMILES string of the molecule is COc1c(F)cccc1Nc1c(-c2ccnc3ccc(OC4COC4)nc23)[nH]c2c1C(=O)NCC2C(F)F. The average Bonchev–Trinajstić information content (AvgIpc) is 3.25. The van der Waals surface area contributed by atoms with Crippen LogP contribution in [0, 0.1) is 5.82 Å². The molecule has 0 aliphatic carbocycles. The van der Waals surface area contributed by atoms with E-state index < -0.39 is 24.1 Å². The summed E-state index contributed by atoms with van der Waals surface area (Å²) in [5.41, 5.74) is 2.21. The van der Waals surface area contributed by atoms with Crippen molar-refractivity contribution in [2.45, 2.75) is 18.4 Å². The average molecular weight is 525 g/mol. The Morgan fingerprint density at radius 1 is 1.18 bits per heavy atom. The molecule has 0 radical (unpaired) electrons. The largest absolute Gasteiger partial charge is 0.492 e. The molecule has 4 aromatic rings. The summed E-state index contributed by atoms with van der Waals surface area (Å²) in [5.74, 6) is -2.19. The molecule has 196 valence electrons. The molecule has 9 nitrogen and oxygen atoms in total. The highest BCUT2D eigenvalue weighted by atomic mass is 19.3. The van der Waals surface area contributed by atoms with Crippen molar-refractivity contribution in [2.24, 2.45) is 0 Å². The first-order valence-corrected chi connectivity index (χ1v) is 11.9. The van der Waals surface area contributed by atoms with Crippen molar-refractivity contribution in [2.75, 3.05) is 32.2 Å². The van der Waals surface area contributed by atoms with Crippen LogP contribution in [0.15, 0.2) is 42.6 Å². The molecular weight excluding hydrogens is 503 g/mol. The number of hydrogen-bond donors (Lipinski definition) is 3. The van der Waals surface area contributed by atoms with Crippen LogP contribution < -0.4 is 20.1 Å². The van der Waals surface area contributed by atoms with E-state index in [9.17, 15) is 18.0 Å². The van der Waals surface area contributed by atoms with E-state index in [1.807, 2.05) is 0 Å². The van der Waals surface area contributed by atoms with Crippen LogP contribution in [0.2, 0.25) is 0 Å². The summed E-state index contributed by atoms with van der Waals surface area (Å²) < 4.78 is 58.8. The van der Waals surface area contributed by atoms with Gasteiger partial charge in [-0.25, -0.2) is 18.2 Å². The third kappa shape index (κ3) is 4.06. The highest BCUT2D eigenvalue weighted by Crippen LogP contribution is 2.44. The number of carbonyl (C=O) groups excluding carboxylic acids is 1. The zero-order valence-corrected chi connectivity index (χ0v) is 20.1. The highest BCUT2D eigenvalue weighted by Gasteiger charge is 2.37. The highest BCUT2D eigenvalue weighted by molar-refractivity contribution is 6.08. The van der Waals surface area contributed by atoms with Gasteiger partial charge < -0.3 is 29.8 Å². The minimum atomic E-state index is -2.74. The van der Waals surface area contributed by atoms with Crippen LogP contribution in [-0.4, -0.2) is 60.3 Å². The van der Waals surface area contributed by atoms with Crippen molar-refractivity contribution < 1.29 is 32.2 Å². The molecule has 0 saturated carbocycles. The summed E-state index contributed by atoms with van der Waals surface area (Å²) in [7, 11) is 1.31. The van der Waals surface area contributed by atoms with Gasteiger partial charge in [0.05, 0.1) is 54.4 Å². The molecule has 1 fully saturated rings. The molecule has 0 spiro atoms. The lowest BCUT2D eigenvalue weighted by atomic mass is 9.96. The Hall–Kier alpha value is -4.32. The number of nitrogens with zero attached hydrogens (tertiary/aromatic N) is 2. The molecule has 2 aliphatic rings. The van der Waals surface area contributed by atoms with Crippen LogP contribution in [0.3, 0.4) is 0 Å². The third-order valence-corrected chi connectivity index (χ3v) is 6.57. The predicted molar refractivity (Wildman–Crippen MR) is 132 cm³/mol. The number of aromatic nitrogens is 3. The van der Waals surface area contributed by atoms with Crippen LogP contribution in [-0.2, 0) is 4.74 Å². The van der Waals surface area contributed by atoms with Crippen molar-refractivity contribution in [3.05, 3.63) is 59.7 Å². The number of rotatable bonds is 7. The number of benzene rings is 1. The minimum absolute atomic E-state index is 0.00634. The van der Waals surface area contributed by atoms with Gasteiger partial charge in [-0.3, -0.25) is 9.78 Å². The Balaban J connectivity index is 1.56. The normalized spacial score (nSPS) is 17.2. The summed E-state index contributed by atoms with van der Waals surface area (Å²) in [6, 6.07) is 9.34. The van der Waals surface area contributed by atoms with Gasteiger partial charge in [-0.1, -0.05) is 6.07 Å². The number of fused-ring (bicyclic) bond motifs is 2. The monoisotopic (exact) mass is 525 g/mol. The number of para-hydroxylation sites is 1. The number of anilines is 2. The standard InChI is InChI=1S/C26H22F3N5O4/c1-36-24-15(27)3-2-4-17(24)32-23-19-21(14(25(28)29)9-31-26(19)35)34-22(23)13-7-8-30-16-5-6-18(33-20(13)16)38-12-10-37-11-12/h2-8,12,14,25,32,34H,9-11H2,1H3,(H,31,35). The van der Waals surface area contributed by atoms with Crippen molar-refractivity contribution in [1.29, 1.82) is 0 Å². The van der Waals surface area contributed by atoms with Gasteiger partial charge in [-0.2, -0.15) is 0 Å². The molecule has 0 bridgehead atoms. The van der Waals surface area contributed by atoms with E-state index in [0.717, 1.165) is 0 Å². The lowest BCUT2D eigenvalue weighted by Gasteiger charge is -2.26. The number of halogens is 3. The van der Waals surface area contributed by atoms with E-state index in [1.165, 1.54) is 19.2 Å². The van der Waals surface area contributed by atoms with E-state index in [1.54, 1.807) is 30.5 Å². The van der Waals surface area contributed by atoms with Gasteiger partial charge in [0.15, 0.2) is 11.6 Å². The number of ether oxygens (including phenoxy) is 3. The number of aromatic amines is 1. The molecule has 2 aliphatic heterocycles. The van der Waals surface area contributed by atoms with Crippen molar-refractivity contribution in [1.82, 2.24) is 20.3 Å². The molecule has 1 atom stereocenters. The van der Waals surface area contributed by atoms with E-state index in [-0.39, 0.29) is 41.0 Å². The summed E-state index contributed by atoms with van der Waals surface area (Å²) in [5, 5.41) is 5.60. The molecule has 5 heterocycles. The lowest BCUT2D eigenvalue weighted by molar-refractivity contribution is -0.0812. The molecule has 6 rings (SSSR count). The maximum absolute atomic E-state index is 14.5. The van der Waals surface area contributed by atoms with Crippen LogP contribution in [0.1, 0.15) is 22.0 Å². The number of carbonyl (C=O) groups is 1. The maximum Gasteiger partial charge on any atom is 0.255 e. The third-order valence-electron chi connectivity index (χ3n) is 6.57. The fourth-order valence-electron chi connectivity index (χ4n) is 4.65. The molecule has 1 saturated heterocycles.